The number of amides is 3. The monoisotopic (exact) mass is 420 g/mol. The van der Waals surface area contributed by atoms with Gasteiger partial charge in [-0.25, -0.2) is 9.59 Å². The molecule has 2 aromatic rings. The quantitative estimate of drug-likeness (QED) is 0.569. The highest BCUT2D eigenvalue weighted by Gasteiger charge is 2.11. The van der Waals surface area contributed by atoms with E-state index in [-0.39, 0.29) is 0 Å². The van der Waals surface area contributed by atoms with Gasteiger partial charge in [0.25, 0.3) is 5.91 Å². The van der Waals surface area contributed by atoms with Crippen LogP contribution < -0.4 is 10.6 Å². The van der Waals surface area contributed by atoms with E-state index < -0.39 is 24.5 Å². The predicted molar refractivity (Wildman–Crippen MR) is 99.5 cm³/mol. The van der Waals surface area contributed by atoms with Crippen LogP contribution in [0.15, 0.2) is 45.5 Å². The van der Waals surface area contributed by atoms with Gasteiger partial charge >= 0.3 is 12.0 Å². The number of aryl methyl sites for hydroxylation is 2. The molecule has 2 rings (SSSR count). The SMILES string of the molecule is Cc1ccc(NC(=O)NC(=O)COC(=O)/C=C/c2ccc(Br)o2)c(C)c1. The van der Waals surface area contributed by atoms with E-state index in [4.69, 9.17) is 9.15 Å². The van der Waals surface area contributed by atoms with Crippen LogP contribution in [-0.2, 0) is 14.3 Å². The molecule has 3 amide bonds. The molecule has 2 N–H and O–H groups in total. The van der Waals surface area contributed by atoms with Gasteiger partial charge in [0, 0.05) is 11.8 Å². The van der Waals surface area contributed by atoms with Crippen molar-refractivity contribution in [3.8, 4) is 0 Å². The number of carbonyl (C=O) groups excluding carboxylic acids is 3. The largest absolute Gasteiger partial charge is 0.452 e. The molecule has 1 aromatic heterocycles. The van der Waals surface area contributed by atoms with Crippen LogP contribution in [0, 0.1) is 13.8 Å². The predicted octanol–water partition coefficient (Wildman–Crippen LogP) is 3.56. The van der Waals surface area contributed by atoms with Crippen LogP contribution in [0.2, 0.25) is 0 Å². The fourth-order valence-electron chi connectivity index (χ4n) is 2.02. The molecule has 0 radical (unpaired) electrons. The van der Waals surface area contributed by atoms with Gasteiger partial charge in [0.15, 0.2) is 11.3 Å². The Balaban J connectivity index is 1.76. The fraction of sp³-hybridized carbons (Fsp3) is 0.167. The van der Waals surface area contributed by atoms with E-state index in [1.54, 1.807) is 18.2 Å². The molecule has 136 valence electrons. The molecule has 1 heterocycles. The van der Waals surface area contributed by atoms with E-state index in [1.807, 2.05) is 26.0 Å². The molecule has 26 heavy (non-hydrogen) atoms. The lowest BCUT2D eigenvalue weighted by Gasteiger charge is -2.09. The molecular formula is C18H17BrN2O5. The number of nitrogens with one attached hydrogen (secondary N) is 2. The minimum Gasteiger partial charge on any atom is -0.452 e. The number of urea groups is 1. The van der Waals surface area contributed by atoms with E-state index in [0.717, 1.165) is 17.2 Å². The first kappa shape index (κ1) is 19.5. The standard InChI is InChI=1S/C18H17BrN2O5/c1-11-3-6-14(12(2)9-11)20-18(24)21-16(22)10-25-17(23)8-5-13-4-7-15(19)26-13/h3-9H,10H2,1-2H3,(H2,20,21,22,24)/b8-5+. The second-order valence-corrected chi connectivity index (χ2v) is 6.19. The molecule has 8 heteroatoms. The van der Waals surface area contributed by atoms with Crippen molar-refractivity contribution in [1.82, 2.24) is 5.32 Å². The third-order valence-corrected chi connectivity index (χ3v) is 3.63. The molecule has 0 saturated heterocycles. The summed E-state index contributed by atoms with van der Waals surface area (Å²) in [5.41, 5.74) is 2.52. The van der Waals surface area contributed by atoms with Gasteiger partial charge in [-0.1, -0.05) is 17.7 Å². The number of esters is 1. The summed E-state index contributed by atoms with van der Waals surface area (Å²) in [7, 11) is 0. The van der Waals surface area contributed by atoms with Crippen molar-refractivity contribution in [3.63, 3.8) is 0 Å². The lowest BCUT2D eigenvalue weighted by molar-refractivity contribution is -0.143. The van der Waals surface area contributed by atoms with Gasteiger partial charge in [0.05, 0.1) is 0 Å². The van der Waals surface area contributed by atoms with Crippen LogP contribution in [0.3, 0.4) is 0 Å². The lowest BCUT2D eigenvalue weighted by Crippen LogP contribution is -2.37. The van der Waals surface area contributed by atoms with Crippen LogP contribution >= 0.6 is 15.9 Å². The van der Waals surface area contributed by atoms with Crippen molar-refractivity contribution >= 4 is 45.6 Å². The molecule has 0 aliphatic rings. The molecule has 0 saturated carbocycles. The van der Waals surface area contributed by atoms with Gasteiger partial charge in [-0.15, -0.1) is 0 Å². The van der Waals surface area contributed by atoms with Crippen molar-refractivity contribution in [3.05, 3.63) is 58.0 Å². The molecule has 7 nitrogen and oxygen atoms in total. The van der Waals surface area contributed by atoms with Gasteiger partial charge < -0.3 is 14.5 Å². The zero-order chi connectivity index (χ0) is 19.1. The van der Waals surface area contributed by atoms with Gasteiger partial charge in [-0.2, -0.15) is 0 Å². The van der Waals surface area contributed by atoms with Crippen LogP contribution in [-0.4, -0.2) is 24.5 Å². The molecule has 0 aliphatic heterocycles. The Morgan fingerprint density at radius 1 is 1.19 bits per heavy atom. The number of anilines is 1. The Labute approximate surface area is 158 Å². The van der Waals surface area contributed by atoms with Crippen molar-refractivity contribution < 1.29 is 23.5 Å². The van der Waals surface area contributed by atoms with Gasteiger partial charge in [-0.3, -0.25) is 10.1 Å². The highest BCUT2D eigenvalue weighted by molar-refractivity contribution is 9.10. The first-order chi connectivity index (χ1) is 12.3. The van der Waals surface area contributed by atoms with Gasteiger partial charge in [-0.05, 0) is 59.6 Å². The van der Waals surface area contributed by atoms with E-state index in [9.17, 15) is 14.4 Å². The third kappa shape index (κ3) is 6.21. The molecule has 0 spiro atoms. The molecule has 0 atom stereocenters. The smallest absolute Gasteiger partial charge is 0.331 e. The van der Waals surface area contributed by atoms with E-state index in [1.165, 1.54) is 6.08 Å². The third-order valence-electron chi connectivity index (χ3n) is 3.21. The number of imide groups is 1. The van der Waals surface area contributed by atoms with E-state index >= 15 is 0 Å². The van der Waals surface area contributed by atoms with Crippen molar-refractivity contribution in [2.45, 2.75) is 13.8 Å². The summed E-state index contributed by atoms with van der Waals surface area (Å²) >= 11 is 3.14. The normalized spacial score (nSPS) is 10.6. The summed E-state index contributed by atoms with van der Waals surface area (Å²) in [6, 6.07) is 8.12. The summed E-state index contributed by atoms with van der Waals surface area (Å²) < 4.78 is 10.5. The highest BCUT2D eigenvalue weighted by atomic mass is 79.9. The van der Waals surface area contributed by atoms with Crippen LogP contribution in [0.25, 0.3) is 6.08 Å². The maximum absolute atomic E-state index is 11.8. The van der Waals surface area contributed by atoms with Crippen LogP contribution in [0.5, 0.6) is 0 Å². The summed E-state index contributed by atoms with van der Waals surface area (Å²) in [5, 5.41) is 4.65. The molecule has 0 aliphatic carbocycles. The van der Waals surface area contributed by atoms with E-state index in [0.29, 0.717) is 16.1 Å². The number of ether oxygens (including phenoxy) is 1. The van der Waals surface area contributed by atoms with Crippen molar-refractivity contribution in [1.29, 1.82) is 0 Å². The second kappa shape index (κ2) is 9.00. The average molecular weight is 421 g/mol. The summed E-state index contributed by atoms with van der Waals surface area (Å²) in [6.45, 7) is 3.20. The highest BCUT2D eigenvalue weighted by Crippen LogP contribution is 2.16. The van der Waals surface area contributed by atoms with Crippen molar-refractivity contribution in [2.24, 2.45) is 0 Å². The molecule has 0 fully saturated rings. The second-order valence-electron chi connectivity index (χ2n) is 5.40. The first-order valence-electron chi connectivity index (χ1n) is 7.62. The van der Waals surface area contributed by atoms with Crippen molar-refractivity contribution in [2.75, 3.05) is 11.9 Å². The maximum atomic E-state index is 11.8. The van der Waals surface area contributed by atoms with Gasteiger partial charge in [0.2, 0.25) is 0 Å². The van der Waals surface area contributed by atoms with Crippen LogP contribution in [0.4, 0.5) is 10.5 Å². The first-order valence-corrected chi connectivity index (χ1v) is 8.41. The Kier molecular flexibility index (Phi) is 6.74. The summed E-state index contributed by atoms with van der Waals surface area (Å²) in [5.74, 6) is -1.02. The fourth-order valence-corrected chi connectivity index (χ4v) is 2.34. The molecule has 0 bridgehead atoms. The minimum absolute atomic E-state index is 0.450. The van der Waals surface area contributed by atoms with Gasteiger partial charge in [0.1, 0.15) is 5.76 Å². The Hall–Kier alpha value is -2.87. The number of hydrogen-bond acceptors (Lipinski definition) is 5. The lowest BCUT2D eigenvalue weighted by atomic mass is 10.1. The molecular weight excluding hydrogens is 404 g/mol. The molecule has 1 aromatic carbocycles. The number of halogens is 1. The number of benzene rings is 1. The number of hydrogen-bond donors (Lipinski definition) is 2. The topological polar surface area (TPSA) is 97.6 Å². The Morgan fingerprint density at radius 2 is 1.96 bits per heavy atom. The number of carbonyl (C=O) groups is 3. The number of furan rings is 1. The summed E-state index contributed by atoms with van der Waals surface area (Å²) in [6.07, 6.45) is 2.52. The van der Waals surface area contributed by atoms with E-state index in [2.05, 4.69) is 26.6 Å². The minimum atomic E-state index is -0.741. The summed E-state index contributed by atoms with van der Waals surface area (Å²) in [4.78, 5) is 35.0. The maximum Gasteiger partial charge on any atom is 0.331 e. The Morgan fingerprint density at radius 3 is 2.62 bits per heavy atom. The number of rotatable bonds is 5. The zero-order valence-electron chi connectivity index (χ0n) is 14.2. The Bertz CT molecular complexity index is 857. The molecule has 0 unspecified atom stereocenters. The average Bonchev–Trinajstić information content (AvgIpc) is 2.99. The zero-order valence-corrected chi connectivity index (χ0v) is 15.8. The van der Waals surface area contributed by atoms with Crippen LogP contribution in [0.1, 0.15) is 16.9 Å².